The van der Waals surface area contributed by atoms with Crippen molar-refractivity contribution in [2.75, 3.05) is 7.11 Å². The van der Waals surface area contributed by atoms with Crippen molar-refractivity contribution < 1.29 is 26.7 Å². The Kier molecular flexibility index (Phi) is 4.73. The van der Waals surface area contributed by atoms with E-state index in [1.807, 2.05) is 0 Å². The number of aromatic nitrogens is 4. The summed E-state index contributed by atoms with van der Waals surface area (Å²) < 4.78 is 78.9. The van der Waals surface area contributed by atoms with Crippen LogP contribution in [0.15, 0.2) is 60.9 Å². The molecule has 0 aliphatic rings. The minimum Gasteiger partial charge on any atom is -0.495 e. The molecule has 0 atom stereocenters. The second-order valence-electron chi connectivity index (χ2n) is 7.31. The molecule has 10 heteroatoms. The van der Waals surface area contributed by atoms with Gasteiger partial charge in [0.15, 0.2) is 11.5 Å². The third-order valence-electron chi connectivity index (χ3n) is 5.19. The van der Waals surface area contributed by atoms with Gasteiger partial charge in [-0.1, -0.05) is 6.07 Å². The number of halogens is 5. The standard InChI is InChI=1S/C23H13F5N4O/c1-33-18-7-13-4-15(2-3-20(13)29-10-18)23(27,28)22-31-30-21-19(26)8-14(11-32(21)22)12-5-16(24)9-17(25)6-12/h2-11H,1H3. The summed E-state index contributed by atoms with van der Waals surface area (Å²) in [6.45, 7) is 0. The Morgan fingerprint density at radius 3 is 2.36 bits per heavy atom. The molecule has 166 valence electrons. The monoisotopic (exact) mass is 456 g/mol. The van der Waals surface area contributed by atoms with E-state index in [1.165, 1.54) is 31.5 Å². The maximum atomic E-state index is 15.5. The summed E-state index contributed by atoms with van der Waals surface area (Å²) in [6.07, 6.45) is 2.58. The Morgan fingerprint density at radius 1 is 0.879 bits per heavy atom. The van der Waals surface area contributed by atoms with E-state index in [0.29, 0.717) is 22.7 Å². The van der Waals surface area contributed by atoms with Crippen LogP contribution in [-0.2, 0) is 5.92 Å². The van der Waals surface area contributed by atoms with Gasteiger partial charge in [-0.3, -0.25) is 9.38 Å². The summed E-state index contributed by atoms with van der Waals surface area (Å²) in [5.41, 5.74) is -0.456. The predicted molar refractivity (Wildman–Crippen MR) is 110 cm³/mol. The van der Waals surface area contributed by atoms with Crippen LogP contribution in [0.1, 0.15) is 11.4 Å². The summed E-state index contributed by atoms with van der Waals surface area (Å²) in [6, 6.07) is 8.93. The van der Waals surface area contributed by atoms with Crippen LogP contribution in [0.5, 0.6) is 5.75 Å². The van der Waals surface area contributed by atoms with Crippen molar-refractivity contribution in [2.24, 2.45) is 0 Å². The maximum absolute atomic E-state index is 15.5. The van der Waals surface area contributed by atoms with E-state index in [0.717, 1.165) is 28.8 Å². The maximum Gasteiger partial charge on any atom is 0.332 e. The highest BCUT2D eigenvalue weighted by atomic mass is 19.3. The van der Waals surface area contributed by atoms with E-state index in [4.69, 9.17) is 4.74 Å². The number of hydrogen-bond donors (Lipinski definition) is 0. The molecule has 0 fully saturated rings. The van der Waals surface area contributed by atoms with Crippen molar-refractivity contribution in [1.29, 1.82) is 0 Å². The number of nitrogens with zero attached hydrogens (tertiary/aromatic N) is 4. The third-order valence-corrected chi connectivity index (χ3v) is 5.19. The van der Waals surface area contributed by atoms with Crippen LogP contribution in [0.4, 0.5) is 22.0 Å². The summed E-state index contributed by atoms with van der Waals surface area (Å²) in [4.78, 5) is 4.14. The van der Waals surface area contributed by atoms with Crippen LogP contribution >= 0.6 is 0 Å². The Hall–Kier alpha value is -4.08. The highest BCUT2D eigenvalue weighted by molar-refractivity contribution is 5.80. The van der Waals surface area contributed by atoms with E-state index in [-0.39, 0.29) is 11.1 Å². The topological polar surface area (TPSA) is 52.3 Å². The first-order valence-electron chi connectivity index (χ1n) is 9.59. The molecule has 0 aliphatic carbocycles. The zero-order valence-electron chi connectivity index (χ0n) is 16.9. The number of hydrogen-bond acceptors (Lipinski definition) is 4. The van der Waals surface area contributed by atoms with Crippen molar-refractivity contribution >= 4 is 16.6 Å². The average Bonchev–Trinajstić information content (AvgIpc) is 3.23. The summed E-state index contributed by atoms with van der Waals surface area (Å²) >= 11 is 0. The Morgan fingerprint density at radius 2 is 1.64 bits per heavy atom. The molecule has 0 aliphatic heterocycles. The van der Waals surface area contributed by atoms with Crippen LogP contribution in [0.3, 0.4) is 0 Å². The van der Waals surface area contributed by atoms with Crippen LogP contribution in [0, 0.1) is 17.5 Å². The second kappa shape index (κ2) is 7.51. The fraction of sp³-hybridized carbons (Fsp3) is 0.0870. The van der Waals surface area contributed by atoms with E-state index < -0.39 is 40.4 Å². The van der Waals surface area contributed by atoms with Crippen molar-refractivity contribution in [3.8, 4) is 16.9 Å². The van der Waals surface area contributed by atoms with Gasteiger partial charge in [0.1, 0.15) is 17.4 Å². The predicted octanol–water partition coefficient (Wildman–Crippen LogP) is 5.51. The molecule has 0 bridgehead atoms. The van der Waals surface area contributed by atoms with Crippen LogP contribution in [0.2, 0.25) is 0 Å². The fourth-order valence-electron chi connectivity index (χ4n) is 3.59. The molecule has 0 radical (unpaired) electrons. The molecule has 0 amide bonds. The van der Waals surface area contributed by atoms with Crippen molar-refractivity contribution in [3.63, 3.8) is 0 Å². The second-order valence-corrected chi connectivity index (χ2v) is 7.31. The smallest absolute Gasteiger partial charge is 0.332 e. The van der Waals surface area contributed by atoms with Gasteiger partial charge in [0.2, 0.25) is 5.82 Å². The summed E-state index contributed by atoms with van der Waals surface area (Å²) in [7, 11) is 1.43. The number of rotatable bonds is 4. The SMILES string of the molecule is COc1cnc2ccc(C(F)(F)c3nnc4c(F)cc(-c5cc(F)cc(F)c5)cn34)cc2c1. The van der Waals surface area contributed by atoms with E-state index in [1.54, 1.807) is 6.07 Å². The molecular weight excluding hydrogens is 443 g/mol. The third kappa shape index (κ3) is 3.53. The lowest BCUT2D eigenvalue weighted by molar-refractivity contribution is 0.0319. The Bertz CT molecular complexity index is 1510. The molecule has 2 aromatic carbocycles. The van der Waals surface area contributed by atoms with Crippen molar-refractivity contribution in [3.05, 3.63) is 89.8 Å². The van der Waals surface area contributed by atoms with Gasteiger partial charge in [-0.2, -0.15) is 8.78 Å². The van der Waals surface area contributed by atoms with Crippen molar-refractivity contribution in [1.82, 2.24) is 19.6 Å². The molecule has 0 saturated heterocycles. The number of pyridine rings is 2. The zero-order chi connectivity index (χ0) is 23.3. The molecule has 33 heavy (non-hydrogen) atoms. The van der Waals surface area contributed by atoms with Gasteiger partial charge >= 0.3 is 5.92 Å². The average molecular weight is 456 g/mol. The lowest BCUT2D eigenvalue weighted by Crippen LogP contribution is -2.19. The molecule has 0 saturated carbocycles. The largest absolute Gasteiger partial charge is 0.495 e. The fourth-order valence-corrected chi connectivity index (χ4v) is 3.59. The van der Waals surface area contributed by atoms with E-state index in [2.05, 4.69) is 15.2 Å². The van der Waals surface area contributed by atoms with Gasteiger partial charge in [-0.15, -0.1) is 10.2 Å². The van der Waals surface area contributed by atoms with Gasteiger partial charge in [-0.25, -0.2) is 13.2 Å². The summed E-state index contributed by atoms with van der Waals surface area (Å²) in [5, 5.41) is 7.47. The molecule has 5 aromatic rings. The lowest BCUT2D eigenvalue weighted by Gasteiger charge is -2.16. The van der Waals surface area contributed by atoms with Crippen LogP contribution in [-0.4, -0.2) is 26.7 Å². The normalized spacial score (nSPS) is 11.9. The Labute approximate surface area is 183 Å². The summed E-state index contributed by atoms with van der Waals surface area (Å²) in [5.74, 6) is -6.90. The molecule has 0 unspecified atom stereocenters. The first-order chi connectivity index (χ1) is 15.8. The number of fused-ring (bicyclic) bond motifs is 2. The highest BCUT2D eigenvalue weighted by Gasteiger charge is 2.40. The van der Waals surface area contributed by atoms with E-state index >= 15 is 8.78 Å². The van der Waals surface area contributed by atoms with Gasteiger partial charge in [-0.05, 0) is 42.0 Å². The molecule has 0 spiro atoms. The molecule has 5 nitrogen and oxygen atoms in total. The molecule has 0 N–H and O–H groups in total. The molecule has 3 aromatic heterocycles. The number of ether oxygens (including phenoxy) is 1. The van der Waals surface area contributed by atoms with Crippen LogP contribution in [0.25, 0.3) is 27.7 Å². The minimum absolute atomic E-state index is 0.0253. The highest BCUT2D eigenvalue weighted by Crippen LogP contribution is 2.37. The van der Waals surface area contributed by atoms with Crippen LogP contribution < -0.4 is 4.74 Å². The quantitative estimate of drug-likeness (QED) is 0.335. The van der Waals surface area contributed by atoms with Gasteiger partial charge in [0.05, 0.1) is 18.8 Å². The molecular formula is C23H13F5N4O. The van der Waals surface area contributed by atoms with E-state index in [9.17, 15) is 13.2 Å². The lowest BCUT2D eigenvalue weighted by atomic mass is 10.0. The van der Waals surface area contributed by atoms with Gasteiger partial charge in [0.25, 0.3) is 0 Å². The number of methoxy groups -OCH3 is 1. The zero-order valence-corrected chi connectivity index (χ0v) is 16.9. The molecule has 3 heterocycles. The number of alkyl halides is 2. The first-order valence-corrected chi connectivity index (χ1v) is 9.59. The van der Waals surface area contributed by atoms with Gasteiger partial charge < -0.3 is 4.74 Å². The number of benzene rings is 2. The van der Waals surface area contributed by atoms with Crippen molar-refractivity contribution in [2.45, 2.75) is 5.92 Å². The first kappa shape index (κ1) is 20.8. The minimum atomic E-state index is -3.69. The Balaban J connectivity index is 1.67. The van der Waals surface area contributed by atoms with Gasteiger partial charge in [0, 0.05) is 28.8 Å². The molecule has 5 rings (SSSR count).